The van der Waals surface area contributed by atoms with Crippen molar-refractivity contribution in [2.24, 2.45) is 17.6 Å². The van der Waals surface area contributed by atoms with Crippen molar-refractivity contribution in [2.75, 3.05) is 29.6 Å². The largest absolute Gasteiger partial charge is 0.468 e. The lowest BCUT2D eigenvalue weighted by atomic mass is 9.75. The lowest BCUT2D eigenvalue weighted by molar-refractivity contribution is -0.139. The summed E-state index contributed by atoms with van der Waals surface area (Å²) in [5.74, 6) is -2.89. The number of nitrogens with zero attached hydrogens (tertiary/aromatic N) is 1. The quantitative estimate of drug-likeness (QED) is 0.255. The van der Waals surface area contributed by atoms with Crippen molar-refractivity contribution in [3.05, 3.63) is 78.4 Å². The molecule has 3 aromatic rings. The van der Waals surface area contributed by atoms with Gasteiger partial charge in [-0.25, -0.2) is 9.69 Å². The molecule has 1 heterocycles. The van der Waals surface area contributed by atoms with Crippen LogP contribution in [0, 0.1) is 11.8 Å². The number of imide groups is 1. The van der Waals surface area contributed by atoms with Gasteiger partial charge in [-0.15, -0.1) is 0 Å². The molecule has 0 spiro atoms. The Kier molecular flexibility index (Phi) is 8.73. The number of ether oxygens (including phenoxy) is 1. The molecule has 3 atom stereocenters. The molecule has 0 bridgehead atoms. The van der Waals surface area contributed by atoms with E-state index in [1.165, 1.54) is 14.0 Å². The van der Waals surface area contributed by atoms with Crippen LogP contribution in [-0.2, 0) is 25.5 Å². The Morgan fingerprint density at radius 1 is 1.07 bits per heavy atom. The summed E-state index contributed by atoms with van der Waals surface area (Å²) in [4.78, 5) is 53.3. The van der Waals surface area contributed by atoms with Gasteiger partial charge in [0.2, 0.25) is 5.91 Å². The molecule has 0 radical (unpaired) electrons. The van der Waals surface area contributed by atoms with Crippen molar-refractivity contribution >= 4 is 40.9 Å². The van der Waals surface area contributed by atoms with Gasteiger partial charge in [-0.3, -0.25) is 14.4 Å². The highest BCUT2D eigenvalue weighted by atomic mass is 16.5. The van der Waals surface area contributed by atoms with E-state index in [1.54, 1.807) is 37.3 Å². The van der Waals surface area contributed by atoms with Gasteiger partial charge >= 0.3 is 12.0 Å². The number of nitrogens with two attached hydrogens (primary N) is 2. The number of esters is 1. The van der Waals surface area contributed by atoms with Gasteiger partial charge in [0.05, 0.1) is 18.3 Å². The van der Waals surface area contributed by atoms with Crippen molar-refractivity contribution in [2.45, 2.75) is 32.2 Å². The van der Waals surface area contributed by atoms with Crippen molar-refractivity contribution < 1.29 is 23.9 Å². The number of carbonyl (C=O) groups is 4. The summed E-state index contributed by atoms with van der Waals surface area (Å²) in [5, 5.41) is 5.38. The van der Waals surface area contributed by atoms with Crippen LogP contribution < -0.4 is 27.0 Å². The SMILES string of the molecule is COC(=O)CNC(=O)N(C(=O)C(C)(N)[C@H](C)C1CCc2ccccc2NC1=O)c1ccc(-c2ccccc2N)cc1. The number of amides is 4. The van der Waals surface area contributed by atoms with Crippen LogP contribution in [0.4, 0.5) is 21.9 Å². The second kappa shape index (κ2) is 12.2. The van der Waals surface area contributed by atoms with Crippen molar-refractivity contribution in [3.8, 4) is 11.1 Å². The monoisotopic (exact) mass is 557 g/mol. The number of nitrogen functional groups attached to an aromatic ring is 1. The second-order valence-electron chi connectivity index (χ2n) is 10.4. The number of aryl methyl sites for hydroxylation is 1. The number of rotatable bonds is 7. The minimum absolute atomic E-state index is 0.234. The smallest absolute Gasteiger partial charge is 0.329 e. The number of nitrogens with one attached hydrogen (secondary N) is 2. The summed E-state index contributed by atoms with van der Waals surface area (Å²) in [6.07, 6.45) is 1.10. The fourth-order valence-corrected chi connectivity index (χ4v) is 5.03. The van der Waals surface area contributed by atoms with E-state index < -0.39 is 41.8 Å². The van der Waals surface area contributed by atoms with Crippen LogP contribution in [0.5, 0.6) is 0 Å². The molecule has 3 aromatic carbocycles. The maximum absolute atomic E-state index is 14.1. The number of hydrogen-bond donors (Lipinski definition) is 4. The maximum Gasteiger partial charge on any atom is 0.329 e. The lowest BCUT2D eigenvalue weighted by Gasteiger charge is -2.37. The summed E-state index contributed by atoms with van der Waals surface area (Å²) >= 11 is 0. The number of methoxy groups -OCH3 is 1. The third-order valence-corrected chi connectivity index (χ3v) is 7.76. The van der Waals surface area contributed by atoms with Gasteiger partial charge in [0, 0.05) is 22.9 Å². The molecular formula is C31H35N5O5. The topological polar surface area (TPSA) is 157 Å². The van der Waals surface area contributed by atoms with Crippen LogP contribution in [0.1, 0.15) is 25.8 Å². The summed E-state index contributed by atoms with van der Waals surface area (Å²) in [6.45, 7) is 2.81. The Hall–Kier alpha value is -4.70. The van der Waals surface area contributed by atoms with Crippen LogP contribution in [0.2, 0.25) is 0 Å². The Bertz CT molecular complexity index is 1450. The summed E-state index contributed by atoms with van der Waals surface area (Å²) < 4.78 is 4.62. The molecule has 1 aliphatic heterocycles. The molecule has 10 nitrogen and oxygen atoms in total. The normalized spacial score (nSPS) is 16.7. The van der Waals surface area contributed by atoms with Crippen molar-refractivity contribution in [1.82, 2.24) is 5.32 Å². The first-order valence-corrected chi connectivity index (χ1v) is 13.4. The molecule has 0 aromatic heterocycles. The Balaban J connectivity index is 1.64. The highest BCUT2D eigenvalue weighted by molar-refractivity contribution is 6.18. The molecule has 1 aliphatic rings. The van der Waals surface area contributed by atoms with E-state index in [0.717, 1.165) is 27.3 Å². The van der Waals surface area contributed by atoms with Gasteiger partial charge < -0.3 is 26.8 Å². The van der Waals surface area contributed by atoms with E-state index in [2.05, 4.69) is 15.4 Å². The Labute approximate surface area is 239 Å². The summed E-state index contributed by atoms with van der Waals surface area (Å²) in [7, 11) is 1.19. The number of anilines is 3. The van der Waals surface area contributed by atoms with E-state index in [-0.39, 0.29) is 11.6 Å². The van der Waals surface area contributed by atoms with E-state index in [4.69, 9.17) is 11.5 Å². The van der Waals surface area contributed by atoms with Gasteiger partial charge in [-0.05, 0) is 61.1 Å². The number of hydrogen-bond acceptors (Lipinski definition) is 7. The molecule has 0 aliphatic carbocycles. The number of urea groups is 1. The van der Waals surface area contributed by atoms with Crippen molar-refractivity contribution in [3.63, 3.8) is 0 Å². The van der Waals surface area contributed by atoms with Crippen molar-refractivity contribution in [1.29, 1.82) is 0 Å². The van der Waals surface area contributed by atoms with Gasteiger partial charge in [-0.2, -0.15) is 0 Å². The minimum atomic E-state index is -1.64. The van der Waals surface area contributed by atoms with Crippen LogP contribution in [0.25, 0.3) is 11.1 Å². The summed E-state index contributed by atoms with van der Waals surface area (Å²) in [5.41, 5.74) is 15.3. The van der Waals surface area contributed by atoms with Gasteiger partial charge in [0.15, 0.2) is 0 Å². The Morgan fingerprint density at radius 3 is 2.41 bits per heavy atom. The molecule has 10 heteroatoms. The van der Waals surface area contributed by atoms with Crippen LogP contribution >= 0.6 is 0 Å². The van der Waals surface area contributed by atoms with Crippen LogP contribution in [0.3, 0.4) is 0 Å². The van der Waals surface area contributed by atoms with E-state index >= 15 is 0 Å². The number of fused-ring (bicyclic) bond motifs is 1. The molecule has 6 N–H and O–H groups in total. The molecule has 214 valence electrons. The Morgan fingerprint density at radius 2 is 1.73 bits per heavy atom. The number of carbonyl (C=O) groups excluding carboxylic acids is 4. The molecule has 4 rings (SSSR count). The molecule has 4 amide bonds. The predicted octanol–water partition coefficient (Wildman–Crippen LogP) is 3.71. The number of benzene rings is 3. The fourth-order valence-electron chi connectivity index (χ4n) is 5.03. The summed E-state index contributed by atoms with van der Waals surface area (Å²) in [6, 6.07) is 20.7. The second-order valence-corrected chi connectivity index (χ2v) is 10.4. The fraction of sp³-hybridized carbons (Fsp3) is 0.290. The first-order valence-electron chi connectivity index (χ1n) is 13.4. The van der Waals surface area contributed by atoms with Crippen LogP contribution in [0.15, 0.2) is 72.8 Å². The van der Waals surface area contributed by atoms with Gasteiger partial charge in [0.25, 0.3) is 5.91 Å². The minimum Gasteiger partial charge on any atom is -0.468 e. The predicted molar refractivity (Wildman–Crippen MR) is 158 cm³/mol. The maximum atomic E-state index is 14.1. The average Bonchev–Trinajstić information content (AvgIpc) is 3.14. The van der Waals surface area contributed by atoms with Crippen LogP contribution in [-0.4, -0.2) is 43.0 Å². The van der Waals surface area contributed by atoms with E-state index in [9.17, 15) is 19.2 Å². The first-order chi connectivity index (χ1) is 19.5. The number of para-hydroxylation sites is 2. The lowest BCUT2D eigenvalue weighted by Crippen LogP contribution is -2.62. The van der Waals surface area contributed by atoms with Gasteiger partial charge in [-0.1, -0.05) is 55.5 Å². The molecule has 0 fully saturated rings. The zero-order chi connectivity index (χ0) is 29.7. The third kappa shape index (κ3) is 6.22. The average molecular weight is 558 g/mol. The van der Waals surface area contributed by atoms with Gasteiger partial charge in [0.1, 0.15) is 6.54 Å². The highest BCUT2D eigenvalue weighted by Gasteiger charge is 2.46. The third-order valence-electron chi connectivity index (χ3n) is 7.76. The molecule has 2 unspecified atom stereocenters. The molecule has 41 heavy (non-hydrogen) atoms. The van der Waals surface area contributed by atoms with E-state index in [1.807, 2.05) is 42.5 Å². The molecule has 0 saturated heterocycles. The zero-order valence-corrected chi connectivity index (χ0v) is 23.3. The molecular weight excluding hydrogens is 522 g/mol. The first kappa shape index (κ1) is 29.3. The van der Waals surface area contributed by atoms with E-state index in [0.29, 0.717) is 18.5 Å². The highest BCUT2D eigenvalue weighted by Crippen LogP contribution is 2.35. The standard InChI is InChI=1S/C31H35N5O5/c1-19(23-17-14-21-8-4-7-11-26(21)35-28(23)38)31(2,33)29(39)36(30(40)34-18-27(37)41-3)22-15-12-20(13-16-22)24-9-5-6-10-25(24)32/h4-13,15-16,19,23H,14,17-18,32-33H2,1-3H3,(H,34,40)(H,35,38)/t19-,23?,31?/m1/s1. The molecule has 0 saturated carbocycles. The zero-order valence-electron chi connectivity index (χ0n) is 23.3.